The zero-order chi connectivity index (χ0) is 28.2. The fourth-order valence-corrected chi connectivity index (χ4v) is 4.34. The van der Waals surface area contributed by atoms with Gasteiger partial charge in [0.2, 0.25) is 11.7 Å². The molecule has 1 amide bonds. The Balaban J connectivity index is 1.54. The minimum atomic E-state index is -1.07. The zero-order valence-corrected chi connectivity index (χ0v) is 23.8. The van der Waals surface area contributed by atoms with Crippen LogP contribution in [0.1, 0.15) is 87.0 Å². The summed E-state index contributed by atoms with van der Waals surface area (Å²) in [5, 5.41) is 0. The largest absolute Gasteiger partial charge is 0.452 e. The van der Waals surface area contributed by atoms with Crippen LogP contribution >= 0.6 is 0 Å². The van der Waals surface area contributed by atoms with Crippen LogP contribution in [0, 0.1) is 17.3 Å². The van der Waals surface area contributed by atoms with Crippen molar-refractivity contribution in [3.05, 3.63) is 94.5 Å². The summed E-state index contributed by atoms with van der Waals surface area (Å²) >= 11 is 0. The quantitative estimate of drug-likeness (QED) is 0.251. The van der Waals surface area contributed by atoms with Crippen molar-refractivity contribution in [2.24, 2.45) is 5.41 Å². The van der Waals surface area contributed by atoms with Gasteiger partial charge in [-0.25, -0.2) is 4.79 Å². The number of carbonyl (C=O) groups excluding carboxylic acids is 2. The van der Waals surface area contributed by atoms with Crippen LogP contribution in [0.15, 0.2) is 66.7 Å². The first kappa shape index (κ1) is 28.0. The molecule has 3 aromatic carbocycles. The normalized spacial score (nSPS) is 13.8. The van der Waals surface area contributed by atoms with Gasteiger partial charge in [-0.1, -0.05) is 70.2 Å². The van der Waals surface area contributed by atoms with Gasteiger partial charge in [0.1, 0.15) is 11.3 Å². The first-order valence-electron chi connectivity index (χ1n) is 13.5. The number of amides is 1. The number of aryl methyl sites for hydroxylation is 1. The van der Waals surface area contributed by atoms with Crippen molar-refractivity contribution in [3.8, 4) is 17.6 Å². The average molecular weight is 524 g/mol. The Hall–Kier alpha value is -4.04. The number of hydrogen-bond acceptors (Lipinski definition) is 4. The summed E-state index contributed by atoms with van der Waals surface area (Å²) in [4.78, 5) is 27.6. The van der Waals surface area contributed by atoms with Crippen molar-refractivity contribution >= 4 is 17.6 Å². The van der Waals surface area contributed by atoms with Crippen LogP contribution in [0.5, 0.6) is 5.75 Å². The number of esters is 1. The molecule has 0 fully saturated rings. The molecule has 5 heteroatoms. The monoisotopic (exact) mass is 523 g/mol. The summed E-state index contributed by atoms with van der Waals surface area (Å²) in [6, 6.07) is 21.6. The van der Waals surface area contributed by atoms with Gasteiger partial charge in [0, 0.05) is 42.1 Å². The van der Waals surface area contributed by atoms with Crippen molar-refractivity contribution in [2.45, 2.75) is 73.1 Å². The lowest BCUT2D eigenvalue weighted by Gasteiger charge is -2.34. The van der Waals surface area contributed by atoms with E-state index in [1.54, 1.807) is 36.9 Å². The maximum atomic E-state index is 13.5. The van der Waals surface area contributed by atoms with E-state index >= 15 is 0 Å². The molecule has 4 rings (SSSR count). The van der Waals surface area contributed by atoms with Crippen molar-refractivity contribution in [1.29, 1.82) is 0 Å². The Kier molecular flexibility index (Phi) is 8.16. The van der Waals surface area contributed by atoms with Crippen molar-refractivity contribution in [1.82, 2.24) is 0 Å². The van der Waals surface area contributed by atoms with E-state index in [2.05, 4.69) is 43.0 Å². The SMILES string of the molecule is CCCCc1ccc(C#Cc2ccc(CN(C(=O)C(C)(C)C)c3ccc4c(c3)OC(C)(C)OC4=O)cc2)cc1. The molecule has 0 unspecified atom stereocenters. The third kappa shape index (κ3) is 7.09. The summed E-state index contributed by atoms with van der Waals surface area (Å²) in [5.41, 5.74) is 4.61. The van der Waals surface area contributed by atoms with Gasteiger partial charge >= 0.3 is 5.97 Å². The van der Waals surface area contributed by atoms with Gasteiger partial charge in [-0.05, 0) is 60.4 Å². The summed E-state index contributed by atoms with van der Waals surface area (Å²) in [6.07, 6.45) is 3.49. The van der Waals surface area contributed by atoms with E-state index in [1.165, 1.54) is 18.4 Å². The molecule has 0 N–H and O–H groups in total. The Bertz CT molecular complexity index is 1400. The average Bonchev–Trinajstić information content (AvgIpc) is 2.88. The van der Waals surface area contributed by atoms with Crippen molar-refractivity contribution < 1.29 is 19.1 Å². The minimum Gasteiger partial charge on any atom is -0.452 e. The van der Waals surface area contributed by atoms with Crippen LogP contribution in [0.3, 0.4) is 0 Å². The number of fused-ring (bicyclic) bond motifs is 1. The zero-order valence-electron chi connectivity index (χ0n) is 23.8. The highest BCUT2D eigenvalue weighted by Gasteiger charge is 2.35. The highest BCUT2D eigenvalue weighted by atomic mass is 16.7. The molecular formula is C34H37NO4. The number of rotatable bonds is 6. The summed E-state index contributed by atoms with van der Waals surface area (Å²) in [5.74, 6) is 5.34. The number of cyclic esters (lactones) is 1. The number of ether oxygens (including phenoxy) is 2. The van der Waals surface area contributed by atoms with Crippen molar-refractivity contribution in [2.75, 3.05) is 4.90 Å². The Morgan fingerprint density at radius 2 is 1.46 bits per heavy atom. The van der Waals surface area contributed by atoms with E-state index < -0.39 is 17.2 Å². The molecule has 0 radical (unpaired) electrons. The number of hydrogen-bond donors (Lipinski definition) is 0. The molecule has 202 valence electrons. The lowest BCUT2D eigenvalue weighted by Crippen LogP contribution is -2.40. The Labute approximate surface area is 232 Å². The highest BCUT2D eigenvalue weighted by molar-refractivity contribution is 5.99. The minimum absolute atomic E-state index is 0.0358. The van der Waals surface area contributed by atoms with Crippen LogP contribution in [0.4, 0.5) is 5.69 Å². The predicted molar refractivity (Wildman–Crippen MR) is 155 cm³/mol. The lowest BCUT2D eigenvalue weighted by atomic mass is 9.94. The van der Waals surface area contributed by atoms with Gasteiger partial charge in [0.05, 0.1) is 6.54 Å². The van der Waals surface area contributed by atoms with E-state index in [0.29, 0.717) is 23.5 Å². The molecule has 39 heavy (non-hydrogen) atoms. The second kappa shape index (κ2) is 11.4. The van der Waals surface area contributed by atoms with Gasteiger partial charge in [-0.2, -0.15) is 0 Å². The van der Waals surface area contributed by atoms with E-state index in [9.17, 15) is 9.59 Å². The van der Waals surface area contributed by atoms with Gasteiger partial charge in [0.15, 0.2) is 0 Å². The molecule has 0 saturated carbocycles. The number of nitrogens with zero attached hydrogens (tertiary/aromatic N) is 1. The number of anilines is 1. The molecule has 0 bridgehead atoms. The second-order valence-corrected chi connectivity index (χ2v) is 11.5. The maximum absolute atomic E-state index is 13.5. The smallest absolute Gasteiger partial charge is 0.345 e. The van der Waals surface area contributed by atoms with Crippen LogP contribution < -0.4 is 9.64 Å². The third-order valence-corrected chi connectivity index (χ3v) is 6.50. The molecular weight excluding hydrogens is 486 g/mol. The van der Waals surface area contributed by atoms with Gasteiger partial charge in [0.25, 0.3) is 0 Å². The fourth-order valence-electron chi connectivity index (χ4n) is 4.34. The van der Waals surface area contributed by atoms with Crippen LogP contribution in [-0.2, 0) is 22.5 Å². The van der Waals surface area contributed by atoms with Crippen molar-refractivity contribution in [3.63, 3.8) is 0 Å². The molecule has 5 nitrogen and oxygen atoms in total. The molecule has 1 heterocycles. The fraction of sp³-hybridized carbons (Fsp3) is 0.353. The van der Waals surface area contributed by atoms with Crippen LogP contribution in [0.25, 0.3) is 0 Å². The van der Waals surface area contributed by atoms with Crippen LogP contribution in [0.2, 0.25) is 0 Å². The molecule has 3 aromatic rings. The van der Waals surface area contributed by atoms with Gasteiger partial charge in [-0.15, -0.1) is 0 Å². The maximum Gasteiger partial charge on any atom is 0.345 e. The second-order valence-electron chi connectivity index (χ2n) is 11.5. The first-order valence-corrected chi connectivity index (χ1v) is 13.5. The molecule has 0 saturated heterocycles. The standard InChI is InChI=1S/C34H37NO4/c1-7-8-9-24-10-12-25(13-11-24)14-15-26-16-18-27(19-17-26)23-35(32(37)33(2,3)4)28-20-21-29-30(22-28)38-34(5,6)39-31(29)36/h10-13,16-22H,7-9,23H2,1-6H3. The number of unbranched alkanes of at least 4 members (excludes halogenated alkanes) is 1. The van der Waals surface area contributed by atoms with Gasteiger partial charge < -0.3 is 14.4 Å². The molecule has 0 aliphatic carbocycles. The van der Waals surface area contributed by atoms with E-state index in [0.717, 1.165) is 23.1 Å². The Morgan fingerprint density at radius 1 is 0.872 bits per heavy atom. The van der Waals surface area contributed by atoms with E-state index in [4.69, 9.17) is 9.47 Å². The summed E-state index contributed by atoms with van der Waals surface area (Å²) in [6.45, 7) is 11.6. The van der Waals surface area contributed by atoms with Crippen LogP contribution in [-0.4, -0.2) is 17.7 Å². The summed E-state index contributed by atoms with van der Waals surface area (Å²) in [7, 11) is 0. The van der Waals surface area contributed by atoms with E-state index in [-0.39, 0.29) is 5.91 Å². The summed E-state index contributed by atoms with van der Waals surface area (Å²) < 4.78 is 11.2. The molecule has 0 atom stereocenters. The highest BCUT2D eigenvalue weighted by Crippen LogP contribution is 2.36. The van der Waals surface area contributed by atoms with Gasteiger partial charge in [-0.3, -0.25) is 4.79 Å². The third-order valence-electron chi connectivity index (χ3n) is 6.50. The first-order chi connectivity index (χ1) is 18.4. The predicted octanol–water partition coefficient (Wildman–Crippen LogP) is 7.29. The van der Waals surface area contributed by atoms with E-state index in [1.807, 2.05) is 45.0 Å². The number of carbonyl (C=O) groups is 2. The molecule has 1 aliphatic rings. The molecule has 0 aromatic heterocycles. The molecule has 0 spiro atoms. The topological polar surface area (TPSA) is 55.8 Å². The lowest BCUT2D eigenvalue weighted by molar-refractivity contribution is -0.127. The number of benzene rings is 3. The molecule has 1 aliphatic heterocycles. The Morgan fingerprint density at radius 3 is 2.03 bits per heavy atom.